The lowest BCUT2D eigenvalue weighted by Gasteiger charge is -2.14. The first-order valence-corrected chi connectivity index (χ1v) is 7.30. The van der Waals surface area contributed by atoms with Gasteiger partial charge in [0.25, 0.3) is 5.91 Å². The Balaban J connectivity index is 2.51. The van der Waals surface area contributed by atoms with Gasteiger partial charge in [-0.05, 0) is 44.0 Å². The third-order valence-corrected chi connectivity index (χ3v) is 3.20. The molecular weight excluding hydrogens is 268 g/mol. The molecule has 0 aliphatic heterocycles. The van der Waals surface area contributed by atoms with Crippen molar-refractivity contribution in [2.24, 2.45) is 0 Å². The van der Waals surface area contributed by atoms with E-state index in [1.165, 1.54) is 0 Å². The van der Waals surface area contributed by atoms with Crippen molar-refractivity contribution < 1.29 is 14.3 Å². The van der Waals surface area contributed by atoms with Crippen LogP contribution in [-0.4, -0.2) is 24.5 Å². The van der Waals surface area contributed by atoms with Crippen molar-refractivity contribution in [3.63, 3.8) is 0 Å². The first-order chi connectivity index (χ1) is 9.95. The highest BCUT2D eigenvalue weighted by Gasteiger charge is 2.19. The second-order valence-electron chi connectivity index (χ2n) is 5.12. The van der Waals surface area contributed by atoms with Gasteiger partial charge in [-0.1, -0.05) is 19.8 Å². The first kappa shape index (κ1) is 17.0. The fraction of sp³-hybridized carbons (Fsp3) is 0.500. The SMILES string of the molecule is CCCCCNC(=O)C(C)OC(=O)c1ccc(N)cc1C. The third-order valence-electron chi connectivity index (χ3n) is 3.20. The summed E-state index contributed by atoms with van der Waals surface area (Å²) in [6.07, 6.45) is 2.28. The summed E-state index contributed by atoms with van der Waals surface area (Å²) < 4.78 is 5.18. The molecule has 0 spiro atoms. The molecule has 0 radical (unpaired) electrons. The highest BCUT2D eigenvalue weighted by molar-refractivity contribution is 5.93. The fourth-order valence-electron chi connectivity index (χ4n) is 1.92. The Morgan fingerprint density at radius 1 is 1.33 bits per heavy atom. The number of carbonyl (C=O) groups is 2. The highest BCUT2D eigenvalue weighted by atomic mass is 16.5. The van der Waals surface area contributed by atoms with Crippen molar-refractivity contribution in [1.82, 2.24) is 5.32 Å². The van der Waals surface area contributed by atoms with E-state index < -0.39 is 12.1 Å². The molecule has 0 bridgehead atoms. The van der Waals surface area contributed by atoms with Gasteiger partial charge in [-0.3, -0.25) is 4.79 Å². The number of esters is 1. The maximum Gasteiger partial charge on any atom is 0.339 e. The van der Waals surface area contributed by atoms with E-state index in [2.05, 4.69) is 12.2 Å². The number of benzene rings is 1. The second-order valence-corrected chi connectivity index (χ2v) is 5.12. The number of unbranched alkanes of at least 4 members (excludes halogenated alkanes) is 2. The van der Waals surface area contributed by atoms with E-state index in [1.807, 2.05) is 0 Å². The van der Waals surface area contributed by atoms with Crippen molar-refractivity contribution >= 4 is 17.6 Å². The van der Waals surface area contributed by atoms with Crippen LogP contribution in [0.2, 0.25) is 0 Å². The lowest BCUT2D eigenvalue weighted by Crippen LogP contribution is -2.36. The Hall–Kier alpha value is -2.04. The molecule has 1 unspecified atom stereocenters. The van der Waals surface area contributed by atoms with Crippen LogP contribution >= 0.6 is 0 Å². The molecule has 1 atom stereocenters. The van der Waals surface area contributed by atoms with Crippen LogP contribution in [0, 0.1) is 6.92 Å². The molecule has 0 saturated carbocycles. The summed E-state index contributed by atoms with van der Waals surface area (Å²) >= 11 is 0. The summed E-state index contributed by atoms with van der Waals surface area (Å²) in [5.74, 6) is -0.781. The number of anilines is 1. The predicted octanol–water partition coefficient (Wildman–Crippen LogP) is 2.43. The first-order valence-electron chi connectivity index (χ1n) is 7.30. The zero-order valence-electron chi connectivity index (χ0n) is 12.9. The zero-order chi connectivity index (χ0) is 15.8. The van der Waals surface area contributed by atoms with Gasteiger partial charge in [0.05, 0.1) is 5.56 Å². The highest BCUT2D eigenvalue weighted by Crippen LogP contribution is 2.14. The summed E-state index contributed by atoms with van der Waals surface area (Å²) in [6.45, 7) is 6.05. The van der Waals surface area contributed by atoms with Crippen LogP contribution < -0.4 is 11.1 Å². The monoisotopic (exact) mass is 292 g/mol. The minimum absolute atomic E-state index is 0.271. The van der Waals surface area contributed by atoms with Gasteiger partial charge in [0, 0.05) is 12.2 Å². The quantitative estimate of drug-likeness (QED) is 0.459. The molecule has 0 aliphatic carbocycles. The number of rotatable bonds is 7. The summed E-state index contributed by atoms with van der Waals surface area (Å²) in [5, 5.41) is 2.76. The Bertz CT molecular complexity index is 500. The molecule has 3 N–H and O–H groups in total. The molecule has 1 rings (SSSR count). The number of carbonyl (C=O) groups excluding carboxylic acids is 2. The predicted molar refractivity (Wildman–Crippen MR) is 83.0 cm³/mol. The van der Waals surface area contributed by atoms with Crippen molar-refractivity contribution in [3.8, 4) is 0 Å². The molecule has 21 heavy (non-hydrogen) atoms. The van der Waals surface area contributed by atoms with Gasteiger partial charge < -0.3 is 15.8 Å². The standard InChI is InChI=1S/C16H24N2O3/c1-4-5-6-9-18-15(19)12(3)21-16(20)14-8-7-13(17)10-11(14)2/h7-8,10,12H,4-6,9,17H2,1-3H3,(H,18,19). The molecular formula is C16H24N2O3. The topological polar surface area (TPSA) is 81.4 Å². The lowest BCUT2D eigenvalue weighted by atomic mass is 10.1. The minimum atomic E-state index is -0.809. The number of nitrogens with two attached hydrogens (primary N) is 1. The van der Waals surface area contributed by atoms with Gasteiger partial charge in [-0.25, -0.2) is 4.79 Å². The van der Waals surface area contributed by atoms with Gasteiger partial charge in [0.15, 0.2) is 6.10 Å². The van der Waals surface area contributed by atoms with Crippen molar-refractivity contribution in [2.45, 2.75) is 46.1 Å². The van der Waals surface area contributed by atoms with Crippen LogP contribution in [0.1, 0.15) is 49.0 Å². The van der Waals surface area contributed by atoms with Crippen LogP contribution in [0.3, 0.4) is 0 Å². The normalized spacial score (nSPS) is 11.8. The zero-order valence-corrected chi connectivity index (χ0v) is 12.9. The van der Waals surface area contributed by atoms with Gasteiger partial charge >= 0.3 is 5.97 Å². The van der Waals surface area contributed by atoms with Crippen molar-refractivity contribution in [1.29, 1.82) is 0 Å². The van der Waals surface area contributed by atoms with Crippen LogP contribution in [0.4, 0.5) is 5.69 Å². The third kappa shape index (κ3) is 5.45. The number of amides is 1. The second kappa shape index (κ2) is 8.29. The van der Waals surface area contributed by atoms with E-state index in [0.717, 1.165) is 24.8 Å². The summed E-state index contributed by atoms with van der Waals surface area (Å²) in [5.41, 5.74) is 7.39. The molecule has 116 valence electrons. The number of nitrogen functional groups attached to an aromatic ring is 1. The summed E-state index contributed by atoms with van der Waals surface area (Å²) in [7, 11) is 0. The molecule has 0 heterocycles. The average molecular weight is 292 g/mol. The van der Waals surface area contributed by atoms with E-state index in [1.54, 1.807) is 32.0 Å². The Morgan fingerprint density at radius 3 is 2.67 bits per heavy atom. The maximum absolute atomic E-state index is 12.0. The number of ether oxygens (including phenoxy) is 1. The molecule has 5 heteroatoms. The molecule has 0 saturated heterocycles. The van der Waals surface area contributed by atoms with Gasteiger partial charge in [-0.15, -0.1) is 0 Å². The number of hydrogen-bond acceptors (Lipinski definition) is 4. The van der Waals surface area contributed by atoms with E-state index in [0.29, 0.717) is 17.8 Å². The van der Waals surface area contributed by atoms with Gasteiger partial charge in [0.1, 0.15) is 0 Å². The molecule has 0 aromatic heterocycles. The molecule has 0 fully saturated rings. The molecule has 0 aliphatic rings. The molecule has 5 nitrogen and oxygen atoms in total. The minimum Gasteiger partial charge on any atom is -0.449 e. The van der Waals surface area contributed by atoms with E-state index >= 15 is 0 Å². The molecule has 1 aromatic rings. The summed E-state index contributed by atoms with van der Waals surface area (Å²) in [4.78, 5) is 23.8. The van der Waals surface area contributed by atoms with Crippen LogP contribution in [0.5, 0.6) is 0 Å². The average Bonchev–Trinajstić information content (AvgIpc) is 2.43. The molecule has 1 aromatic carbocycles. The number of nitrogens with one attached hydrogen (secondary N) is 1. The lowest BCUT2D eigenvalue weighted by molar-refractivity contribution is -0.129. The Labute approximate surface area is 125 Å². The van der Waals surface area contributed by atoms with Crippen molar-refractivity contribution in [3.05, 3.63) is 29.3 Å². The largest absolute Gasteiger partial charge is 0.449 e. The van der Waals surface area contributed by atoms with E-state index in [4.69, 9.17) is 10.5 Å². The fourth-order valence-corrected chi connectivity index (χ4v) is 1.92. The molecule has 1 amide bonds. The van der Waals surface area contributed by atoms with Crippen LogP contribution in [-0.2, 0) is 9.53 Å². The summed E-state index contributed by atoms with van der Waals surface area (Å²) in [6, 6.07) is 4.95. The van der Waals surface area contributed by atoms with Crippen molar-refractivity contribution in [2.75, 3.05) is 12.3 Å². The van der Waals surface area contributed by atoms with Crippen LogP contribution in [0.15, 0.2) is 18.2 Å². The van der Waals surface area contributed by atoms with Gasteiger partial charge in [0.2, 0.25) is 0 Å². The Morgan fingerprint density at radius 2 is 2.05 bits per heavy atom. The van der Waals surface area contributed by atoms with Crippen LogP contribution in [0.25, 0.3) is 0 Å². The number of aryl methyl sites for hydroxylation is 1. The Kier molecular flexibility index (Phi) is 6.72. The number of hydrogen-bond donors (Lipinski definition) is 2. The van der Waals surface area contributed by atoms with Gasteiger partial charge in [-0.2, -0.15) is 0 Å². The maximum atomic E-state index is 12.0. The smallest absolute Gasteiger partial charge is 0.339 e. The van der Waals surface area contributed by atoms with E-state index in [9.17, 15) is 9.59 Å². The van der Waals surface area contributed by atoms with E-state index in [-0.39, 0.29) is 5.91 Å².